The molecule has 20 heteroatoms. The van der Waals surface area contributed by atoms with Crippen molar-refractivity contribution in [1.82, 2.24) is 35.1 Å². The van der Waals surface area contributed by atoms with Gasteiger partial charge < -0.3 is 40.9 Å². The van der Waals surface area contributed by atoms with Crippen LogP contribution in [0.25, 0.3) is 0 Å². The van der Waals surface area contributed by atoms with E-state index >= 15 is 0 Å². The smallest absolute Gasteiger partial charge is 0.475 e. The zero-order chi connectivity index (χ0) is 41.2. The Bertz CT molecular complexity index is 1470. The minimum Gasteiger partial charge on any atom is -0.480 e. The molecule has 7 N–H and O–H groups in total. The number of amides is 3. The van der Waals surface area contributed by atoms with E-state index in [1.165, 1.54) is 4.90 Å². The molecular weight excluding hydrogens is 733 g/mol. The van der Waals surface area contributed by atoms with E-state index in [-0.39, 0.29) is 89.3 Å². The maximum atomic E-state index is 12.9. The van der Waals surface area contributed by atoms with E-state index in [0.717, 1.165) is 5.56 Å². The summed E-state index contributed by atoms with van der Waals surface area (Å²) in [5.41, 5.74) is 1.18. The molecule has 2 aliphatic heterocycles. The first kappa shape index (κ1) is 45.9. The number of likely N-dealkylation sites (tertiary alicyclic amines) is 1. The summed E-state index contributed by atoms with van der Waals surface area (Å²) in [6.07, 6.45) is 2.50. The molecule has 3 rings (SSSR count). The standard InChI is InChI=1S/C36H56BN7O12/c1-26(36(54)44-13-3-5-30(44)37(55)56)39-35(53)28-9-6-27(7-10-28)8-11-29(45)4-2-12-38-31(46)22-40-14-16-41(23-32(47)48)18-20-43(25-34(51)52)21-19-42(17-15-40)24-33(49)50/h6-7,9-10,26,30,55-56H,2-5,8,11-25H2,1H3,(H,38,46)(H,39,53)(H,47,48)(H,49,50)(H,51,52)/t26-,30+/m1/s1. The van der Waals surface area contributed by atoms with Crippen molar-refractivity contribution >= 4 is 48.5 Å². The lowest BCUT2D eigenvalue weighted by Crippen LogP contribution is -2.52. The Labute approximate surface area is 326 Å². The van der Waals surface area contributed by atoms with Crippen LogP contribution in [0.15, 0.2) is 24.3 Å². The number of Topliss-reactive ketones (excluding diaryl/α,β-unsaturated/α-hetero) is 1. The number of aliphatic carboxylic acids is 3. The quantitative estimate of drug-likeness (QED) is 0.0573. The number of carbonyl (C=O) groups excluding carboxylic acids is 4. The Morgan fingerprint density at radius 2 is 1.20 bits per heavy atom. The molecule has 2 saturated heterocycles. The Hall–Kier alpha value is -4.47. The summed E-state index contributed by atoms with van der Waals surface area (Å²) >= 11 is 0. The highest BCUT2D eigenvalue weighted by atomic mass is 16.4. The molecule has 0 saturated carbocycles. The van der Waals surface area contributed by atoms with Crippen molar-refractivity contribution in [2.24, 2.45) is 0 Å². The molecule has 0 unspecified atom stereocenters. The number of benzene rings is 1. The fourth-order valence-electron chi connectivity index (χ4n) is 6.76. The summed E-state index contributed by atoms with van der Waals surface area (Å²) in [5, 5.41) is 52.7. The Kier molecular flexibility index (Phi) is 19.3. The maximum absolute atomic E-state index is 12.9. The van der Waals surface area contributed by atoms with Gasteiger partial charge in [-0.15, -0.1) is 0 Å². The summed E-state index contributed by atoms with van der Waals surface area (Å²) in [5.74, 6) is -4.94. The van der Waals surface area contributed by atoms with Crippen molar-refractivity contribution in [3.63, 3.8) is 0 Å². The molecule has 1 aromatic rings. The Morgan fingerprint density at radius 3 is 1.66 bits per heavy atom. The van der Waals surface area contributed by atoms with Gasteiger partial charge in [-0.05, 0) is 50.3 Å². The first-order valence-electron chi connectivity index (χ1n) is 19.0. The highest BCUT2D eigenvalue weighted by Crippen LogP contribution is 2.19. The average molecular weight is 790 g/mol. The summed E-state index contributed by atoms with van der Waals surface area (Å²) in [4.78, 5) is 93.6. The predicted molar refractivity (Wildman–Crippen MR) is 203 cm³/mol. The lowest BCUT2D eigenvalue weighted by atomic mass is 9.78. The fourth-order valence-corrected chi connectivity index (χ4v) is 6.76. The molecule has 2 heterocycles. The summed E-state index contributed by atoms with van der Waals surface area (Å²) in [6, 6.07) is 5.84. The molecule has 2 atom stereocenters. The zero-order valence-corrected chi connectivity index (χ0v) is 32.0. The van der Waals surface area contributed by atoms with Crippen LogP contribution >= 0.6 is 0 Å². The van der Waals surface area contributed by atoms with Gasteiger partial charge in [0.05, 0.1) is 32.1 Å². The van der Waals surface area contributed by atoms with Crippen LogP contribution in [0.5, 0.6) is 0 Å². The number of aryl methyl sites for hydroxylation is 1. The molecular formula is C36H56BN7O12. The van der Waals surface area contributed by atoms with Crippen LogP contribution in [0.1, 0.15) is 54.9 Å². The van der Waals surface area contributed by atoms with Crippen molar-refractivity contribution < 1.29 is 58.9 Å². The van der Waals surface area contributed by atoms with E-state index < -0.39 is 42.9 Å². The Balaban J connectivity index is 1.42. The molecule has 0 aromatic heterocycles. The minimum atomic E-state index is -1.64. The van der Waals surface area contributed by atoms with E-state index in [1.54, 1.807) is 45.9 Å². The number of ketones is 1. The lowest BCUT2D eigenvalue weighted by Gasteiger charge is -2.32. The molecule has 0 bridgehead atoms. The topological polar surface area (TPSA) is 261 Å². The van der Waals surface area contributed by atoms with Gasteiger partial charge in [0.2, 0.25) is 11.8 Å². The predicted octanol–water partition coefficient (Wildman–Crippen LogP) is -2.32. The lowest BCUT2D eigenvalue weighted by molar-refractivity contribution is -0.140. The third-order valence-electron chi connectivity index (χ3n) is 9.88. The second kappa shape index (κ2) is 23.6. The van der Waals surface area contributed by atoms with E-state index in [4.69, 9.17) is 0 Å². The van der Waals surface area contributed by atoms with Gasteiger partial charge in [-0.1, -0.05) is 12.1 Å². The molecule has 3 amide bonds. The largest absolute Gasteiger partial charge is 0.480 e. The number of hydrogen-bond donors (Lipinski definition) is 7. The van der Waals surface area contributed by atoms with Crippen molar-refractivity contribution in [1.29, 1.82) is 0 Å². The fraction of sp³-hybridized carbons (Fsp3) is 0.639. The maximum Gasteiger partial charge on any atom is 0.475 e. The van der Waals surface area contributed by atoms with Gasteiger partial charge in [0.15, 0.2) is 0 Å². The van der Waals surface area contributed by atoms with Crippen molar-refractivity contribution in [2.75, 3.05) is 91.6 Å². The molecule has 0 spiro atoms. The van der Waals surface area contributed by atoms with Crippen molar-refractivity contribution in [3.05, 3.63) is 35.4 Å². The molecule has 56 heavy (non-hydrogen) atoms. The van der Waals surface area contributed by atoms with Gasteiger partial charge >= 0.3 is 25.0 Å². The number of carboxylic acids is 3. The molecule has 2 fully saturated rings. The van der Waals surface area contributed by atoms with Crippen LogP contribution in [-0.2, 0) is 35.2 Å². The van der Waals surface area contributed by atoms with Gasteiger partial charge in [0.25, 0.3) is 5.91 Å². The molecule has 0 aliphatic carbocycles. The zero-order valence-electron chi connectivity index (χ0n) is 32.0. The van der Waals surface area contributed by atoms with Gasteiger partial charge in [0.1, 0.15) is 11.8 Å². The monoisotopic (exact) mass is 789 g/mol. The number of hydrogen-bond acceptors (Lipinski definition) is 13. The van der Waals surface area contributed by atoms with Gasteiger partial charge in [0, 0.05) is 83.9 Å². The van der Waals surface area contributed by atoms with Crippen molar-refractivity contribution in [3.8, 4) is 0 Å². The SMILES string of the molecule is C[C@@H](NC(=O)c1ccc(CCC(=O)CCCNC(=O)CN2CCN(CC(=O)O)CCN(CC(=O)O)CCN(CC(=O)O)CC2)cc1)C(=O)N1CCC[C@H]1B(O)O. The van der Waals surface area contributed by atoms with E-state index in [0.29, 0.717) is 64.0 Å². The van der Waals surface area contributed by atoms with E-state index in [9.17, 15) is 58.9 Å². The van der Waals surface area contributed by atoms with E-state index in [1.807, 2.05) is 4.90 Å². The minimum absolute atomic E-state index is 0.00338. The average Bonchev–Trinajstić information content (AvgIpc) is 3.63. The number of nitrogens with one attached hydrogen (secondary N) is 2. The van der Waals surface area contributed by atoms with Gasteiger partial charge in [-0.25, -0.2) is 0 Å². The van der Waals surface area contributed by atoms with Crippen LogP contribution in [0, 0.1) is 0 Å². The number of nitrogens with zero attached hydrogens (tertiary/aromatic N) is 5. The first-order valence-corrected chi connectivity index (χ1v) is 19.0. The Morgan fingerprint density at radius 1 is 0.714 bits per heavy atom. The third kappa shape index (κ3) is 16.7. The van der Waals surface area contributed by atoms with Crippen LogP contribution < -0.4 is 10.6 Å². The van der Waals surface area contributed by atoms with Crippen LogP contribution in [-0.4, -0.2) is 202 Å². The number of carbonyl (C=O) groups is 7. The molecule has 0 radical (unpaired) electrons. The van der Waals surface area contributed by atoms with Crippen molar-refractivity contribution in [2.45, 2.75) is 57.4 Å². The second-order valence-electron chi connectivity index (χ2n) is 14.3. The molecule has 2 aliphatic rings. The highest BCUT2D eigenvalue weighted by molar-refractivity contribution is 6.43. The summed E-state index contributed by atoms with van der Waals surface area (Å²) in [7, 11) is -1.64. The normalized spacial score (nSPS) is 18.6. The van der Waals surface area contributed by atoms with Gasteiger partial charge in [-0.2, -0.15) is 0 Å². The summed E-state index contributed by atoms with van der Waals surface area (Å²) < 4.78 is 0. The van der Waals surface area contributed by atoms with Crippen LogP contribution in [0.4, 0.5) is 0 Å². The molecule has 1 aromatic carbocycles. The highest BCUT2D eigenvalue weighted by Gasteiger charge is 2.38. The van der Waals surface area contributed by atoms with Crippen LogP contribution in [0.2, 0.25) is 0 Å². The first-order chi connectivity index (χ1) is 26.6. The number of rotatable bonds is 19. The molecule has 19 nitrogen and oxygen atoms in total. The van der Waals surface area contributed by atoms with Gasteiger partial charge in [-0.3, -0.25) is 53.2 Å². The summed E-state index contributed by atoms with van der Waals surface area (Å²) in [6.45, 7) is 3.72. The number of carboxylic acid groups (broad SMARTS) is 3. The van der Waals surface area contributed by atoms with E-state index in [2.05, 4.69) is 10.6 Å². The second-order valence-corrected chi connectivity index (χ2v) is 14.3. The molecule has 310 valence electrons. The van der Waals surface area contributed by atoms with Crippen LogP contribution in [0.3, 0.4) is 0 Å². The third-order valence-corrected chi connectivity index (χ3v) is 9.88.